The molecule has 0 saturated carbocycles. The van der Waals surface area contributed by atoms with Crippen molar-refractivity contribution >= 4 is 11.8 Å². The van der Waals surface area contributed by atoms with E-state index in [1.165, 1.54) is 7.11 Å². The summed E-state index contributed by atoms with van der Waals surface area (Å²) in [5.74, 6) is 0.0406. The highest BCUT2D eigenvalue weighted by Crippen LogP contribution is 2.10. The Bertz CT molecular complexity index is 627. The molecule has 2 aromatic rings. The molecule has 1 heterocycles. The zero-order valence-electron chi connectivity index (χ0n) is 12.0. The molecular formula is C15H17N3O3. The minimum atomic E-state index is -0.561. The van der Waals surface area contributed by atoms with Crippen molar-refractivity contribution < 1.29 is 14.6 Å². The second kappa shape index (κ2) is 6.81. The molecule has 0 saturated heterocycles. The Labute approximate surface area is 122 Å². The van der Waals surface area contributed by atoms with Crippen LogP contribution < -0.4 is 5.32 Å². The maximum absolute atomic E-state index is 11.5. The molecule has 1 aromatic heterocycles. The Morgan fingerprint density at radius 2 is 1.90 bits per heavy atom. The van der Waals surface area contributed by atoms with Gasteiger partial charge in [-0.2, -0.15) is 0 Å². The number of hydrogen-bond donors (Lipinski definition) is 2. The largest absolute Gasteiger partial charge is 0.463 e. The van der Waals surface area contributed by atoms with Crippen molar-refractivity contribution in [2.75, 3.05) is 12.4 Å². The van der Waals surface area contributed by atoms with Crippen molar-refractivity contribution in [3.05, 3.63) is 53.0 Å². The summed E-state index contributed by atoms with van der Waals surface area (Å²) in [5.41, 5.74) is 2.59. The lowest BCUT2D eigenvalue weighted by Crippen LogP contribution is -2.11. The standard InChI is InChI=1S/C15H17N3O3/c1-10-7-13(18-14(17-10)15(20)21-2)16-8-11-3-5-12(9-19)6-4-11/h3-7,19H,8-9H2,1-2H3,(H,16,17,18). The van der Waals surface area contributed by atoms with E-state index in [4.69, 9.17) is 5.11 Å². The predicted molar refractivity (Wildman–Crippen MR) is 77.8 cm³/mol. The molecule has 1 aromatic carbocycles. The molecule has 2 N–H and O–H groups in total. The van der Waals surface area contributed by atoms with Crippen molar-refractivity contribution in [1.29, 1.82) is 0 Å². The Morgan fingerprint density at radius 1 is 1.24 bits per heavy atom. The maximum atomic E-state index is 11.5. The summed E-state index contributed by atoms with van der Waals surface area (Å²) in [4.78, 5) is 19.6. The molecule has 6 nitrogen and oxygen atoms in total. The molecule has 0 spiro atoms. The highest BCUT2D eigenvalue weighted by molar-refractivity contribution is 5.85. The number of aryl methyl sites for hydroxylation is 1. The zero-order chi connectivity index (χ0) is 15.2. The second-order valence-electron chi connectivity index (χ2n) is 4.54. The summed E-state index contributed by atoms with van der Waals surface area (Å²) >= 11 is 0. The third-order valence-corrected chi connectivity index (χ3v) is 2.90. The summed E-state index contributed by atoms with van der Waals surface area (Å²) in [6.07, 6.45) is 0. The van der Waals surface area contributed by atoms with E-state index in [9.17, 15) is 4.79 Å². The van der Waals surface area contributed by atoms with E-state index < -0.39 is 5.97 Å². The number of anilines is 1. The topological polar surface area (TPSA) is 84.3 Å². The molecule has 2 rings (SSSR count). The van der Waals surface area contributed by atoms with Gasteiger partial charge in [0.1, 0.15) is 5.82 Å². The van der Waals surface area contributed by atoms with Crippen molar-refractivity contribution in [3.8, 4) is 0 Å². The Hall–Kier alpha value is -2.47. The van der Waals surface area contributed by atoms with Gasteiger partial charge in [-0.15, -0.1) is 0 Å². The molecule has 0 atom stereocenters. The van der Waals surface area contributed by atoms with Crippen LogP contribution in [0.1, 0.15) is 27.4 Å². The van der Waals surface area contributed by atoms with Crippen LogP contribution in [0.4, 0.5) is 5.82 Å². The smallest absolute Gasteiger partial charge is 0.376 e. The second-order valence-corrected chi connectivity index (χ2v) is 4.54. The molecule has 0 amide bonds. The van der Waals surface area contributed by atoms with Crippen molar-refractivity contribution in [2.45, 2.75) is 20.1 Å². The first-order valence-corrected chi connectivity index (χ1v) is 6.49. The maximum Gasteiger partial charge on any atom is 0.376 e. The van der Waals surface area contributed by atoms with Crippen molar-refractivity contribution in [2.24, 2.45) is 0 Å². The van der Waals surface area contributed by atoms with Crippen LogP contribution in [0.25, 0.3) is 0 Å². The number of carbonyl (C=O) groups excluding carboxylic acids is 1. The number of esters is 1. The summed E-state index contributed by atoms with van der Waals surface area (Å²) in [7, 11) is 1.30. The molecule has 0 aliphatic rings. The summed E-state index contributed by atoms with van der Waals surface area (Å²) in [6.45, 7) is 2.37. The number of carbonyl (C=O) groups is 1. The van der Waals surface area contributed by atoms with Gasteiger partial charge in [-0.1, -0.05) is 24.3 Å². The molecule has 0 aliphatic carbocycles. The Balaban J connectivity index is 2.08. The summed E-state index contributed by atoms with van der Waals surface area (Å²) in [5, 5.41) is 12.1. The number of aromatic nitrogens is 2. The third kappa shape index (κ3) is 4.00. The first-order chi connectivity index (χ1) is 10.1. The lowest BCUT2D eigenvalue weighted by molar-refractivity contribution is 0.0586. The van der Waals surface area contributed by atoms with Crippen LogP contribution in [-0.4, -0.2) is 28.2 Å². The minimum absolute atomic E-state index is 0.0291. The number of hydrogen-bond acceptors (Lipinski definition) is 6. The number of nitrogens with zero attached hydrogens (tertiary/aromatic N) is 2. The number of nitrogens with one attached hydrogen (secondary N) is 1. The Kier molecular flexibility index (Phi) is 4.84. The normalized spacial score (nSPS) is 10.2. The zero-order valence-corrected chi connectivity index (χ0v) is 12.0. The van der Waals surface area contributed by atoms with Crippen LogP contribution in [0.5, 0.6) is 0 Å². The fraction of sp³-hybridized carbons (Fsp3) is 0.267. The molecule has 6 heteroatoms. The van der Waals surface area contributed by atoms with Crippen LogP contribution in [0.2, 0.25) is 0 Å². The van der Waals surface area contributed by atoms with Crippen molar-refractivity contribution in [1.82, 2.24) is 9.97 Å². The quantitative estimate of drug-likeness (QED) is 0.814. The van der Waals surface area contributed by atoms with Gasteiger partial charge in [0, 0.05) is 18.3 Å². The van der Waals surface area contributed by atoms with Gasteiger partial charge < -0.3 is 15.2 Å². The van der Waals surface area contributed by atoms with E-state index in [1.54, 1.807) is 13.0 Å². The van der Waals surface area contributed by atoms with Crippen LogP contribution in [0.3, 0.4) is 0 Å². The third-order valence-electron chi connectivity index (χ3n) is 2.90. The van der Waals surface area contributed by atoms with Gasteiger partial charge >= 0.3 is 5.97 Å². The van der Waals surface area contributed by atoms with Gasteiger partial charge in [0.25, 0.3) is 0 Å². The fourth-order valence-corrected chi connectivity index (χ4v) is 1.80. The van der Waals surface area contributed by atoms with Gasteiger partial charge in [-0.05, 0) is 18.1 Å². The monoisotopic (exact) mass is 287 g/mol. The molecule has 0 bridgehead atoms. The first-order valence-electron chi connectivity index (χ1n) is 6.49. The molecule has 0 radical (unpaired) electrons. The molecule has 0 unspecified atom stereocenters. The number of benzene rings is 1. The van der Waals surface area contributed by atoms with E-state index in [1.807, 2.05) is 24.3 Å². The number of ether oxygens (including phenoxy) is 1. The number of methoxy groups -OCH3 is 1. The number of rotatable bonds is 5. The Morgan fingerprint density at radius 3 is 2.52 bits per heavy atom. The number of aliphatic hydroxyl groups is 1. The SMILES string of the molecule is COC(=O)c1nc(C)cc(NCc2ccc(CO)cc2)n1. The highest BCUT2D eigenvalue weighted by Gasteiger charge is 2.11. The van der Waals surface area contributed by atoms with E-state index in [2.05, 4.69) is 20.0 Å². The van der Waals surface area contributed by atoms with E-state index in [0.29, 0.717) is 18.1 Å². The average Bonchev–Trinajstić information content (AvgIpc) is 2.52. The van der Waals surface area contributed by atoms with Crippen LogP contribution in [-0.2, 0) is 17.9 Å². The van der Waals surface area contributed by atoms with E-state index >= 15 is 0 Å². The lowest BCUT2D eigenvalue weighted by atomic mass is 10.1. The van der Waals surface area contributed by atoms with Crippen LogP contribution in [0, 0.1) is 6.92 Å². The first kappa shape index (κ1) is 14.9. The van der Waals surface area contributed by atoms with Gasteiger partial charge in [-0.3, -0.25) is 0 Å². The van der Waals surface area contributed by atoms with Crippen LogP contribution >= 0.6 is 0 Å². The van der Waals surface area contributed by atoms with Gasteiger partial charge in [-0.25, -0.2) is 14.8 Å². The summed E-state index contributed by atoms with van der Waals surface area (Å²) < 4.78 is 4.62. The fourth-order valence-electron chi connectivity index (χ4n) is 1.80. The number of aliphatic hydroxyl groups excluding tert-OH is 1. The van der Waals surface area contributed by atoms with Gasteiger partial charge in [0.15, 0.2) is 0 Å². The predicted octanol–water partition coefficient (Wildman–Crippen LogP) is 1.68. The van der Waals surface area contributed by atoms with Gasteiger partial charge in [0.2, 0.25) is 5.82 Å². The molecule has 110 valence electrons. The van der Waals surface area contributed by atoms with Crippen LogP contribution in [0.15, 0.2) is 30.3 Å². The average molecular weight is 287 g/mol. The minimum Gasteiger partial charge on any atom is -0.463 e. The molecular weight excluding hydrogens is 270 g/mol. The lowest BCUT2D eigenvalue weighted by Gasteiger charge is -2.08. The molecule has 0 aliphatic heterocycles. The van der Waals surface area contributed by atoms with Crippen molar-refractivity contribution in [3.63, 3.8) is 0 Å². The molecule has 21 heavy (non-hydrogen) atoms. The summed E-state index contributed by atoms with van der Waals surface area (Å²) in [6, 6.07) is 9.33. The molecule has 0 fully saturated rings. The van der Waals surface area contributed by atoms with Gasteiger partial charge in [0.05, 0.1) is 13.7 Å². The highest BCUT2D eigenvalue weighted by atomic mass is 16.5. The van der Waals surface area contributed by atoms with E-state index in [0.717, 1.165) is 11.1 Å². The van der Waals surface area contributed by atoms with E-state index in [-0.39, 0.29) is 12.4 Å².